The molecule has 0 aliphatic heterocycles. The Morgan fingerprint density at radius 2 is 1.00 bits per heavy atom. The fraction of sp³-hybridized carbons (Fsp3) is 0.122. The first-order valence-corrected chi connectivity index (χ1v) is 14.9. The summed E-state index contributed by atoms with van der Waals surface area (Å²) >= 11 is 0. The van der Waals surface area contributed by atoms with Crippen molar-refractivity contribution in [2.45, 2.75) is 31.8 Å². The molecule has 0 aromatic heterocycles. The molecule has 0 amide bonds. The Morgan fingerprint density at radius 1 is 0.500 bits per heavy atom. The molecule has 6 aromatic carbocycles. The number of hydrogen-bond acceptors (Lipinski definition) is 1. The summed E-state index contributed by atoms with van der Waals surface area (Å²) < 4.78 is 0. The van der Waals surface area contributed by atoms with Crippen LogP contribution in [0.25, 0.3) is 55.6 Å². The first-order chi connectivity index (χ1) is 20.5. The van der Waals surface area contributed by atoms with E-state index < -0.39 is 5.60 Å². The standard InChI is InChI=1S/C41H30O/c1-24-31-7-3-4-8-34(31)35-17-13-27(22-38(24)35)25-11-15-32-29(19-25)21-30-20-26(12-16-33(30)32)28-14-18-37-36-9-5-6-10-39(36)41(2,42)40(37)23-28/h3-20,22-24,42H,21H2,1-2H3. The fourth-order valence-corrected chi connectivity index (χ4v) is 7.85. The zero-order valence-electron chi connectivity index (χ0n) is 23.8. The van der Waals surface area contributed by atoms with Gasteiger partial charge >= 0.3 is 0 Å². The van der Waals surface area contributed by atoms with Crippen LogP contribution in [0, 0.1) is 0 Å². The van der Waals surface area contributed by atoms with Crippen molar-refractivity contribution in [3.63, 3.8) is 0 Å². The second-order valence-corrected chi connectivity index (χ2v) is 12.4. The van der Waals surface area contributed by atoms with Crippen LogP contribution < -0.4 is 0 Å². The molecule has 1 heteroatoms. The monoisotopic (exact) mass is 538 g/mol. The summed E-state index contributed by atoms with van der Waals surface area (Å²) in [5, 5.41) is 11.5. The smallest absolute Gasteiger partial charge is 0.113 e. The molecule has 3 aliphatic carbocycles. The van der Waals surface area contributed by atoms with E-state index in [1.54, 1.807) is 0 Å². The predicted molar refractivity (Wildman–Crippen MR) is 173 cm³/mol. The fourth-order valence-electron chi connectivity index (χ4n) is 7.85. The Balaban J connectivity index is 1.04. The van der Waals surface area contributed by atoms with Crippen molar-refractivity contribution in [1.29, 1.82) is 0 Å². The quantitative estimate of drug-likeness (QED) is 0.232. The van der Waals surface area contributed by atoms with E-state index >= 15 is 0 Å². The molecule has 1 N–H and O–H groups in total. The Morgan fingerprint density at radius 3 is 1.71 bits per heavy atom. The van der Waals surface area contributed by atoms with Gasteiger partial charge in [0.05, 0.1) is 0 Å². The summed E-state index contributed by atoms with van der Waals surface area (Å²) in [7, 11) is 0. The maximum absolute atomic E-state index is 11.5. The lowest BCUT2D eigenvalue weighted by Crippen LogP contribution is -2.19. The zero-order valence-corrected chi connectivity index (χ0v) is 23.8. The molecule has 0 saturated carbocycles. The van der Waals surface area contributed by atoms with E-state index in [1.807, 2.05) is 25.1 Å². The van der Waals surface area contributed by atoms with Crippen molar-refractivity contribution >= 4 is 0 Å². The number of fused-ring (bicyclic) bond motifs is 9. The van der Waals surface area contributed by atoms with Crippen molar-refractivity contribution in [3.05, 3.63) is 155 Å². The van der Waals surface area contributed by atoms with Gasteiger partial charge in [-0.25, -0.2) is 0 Å². The Kier molecular flexibility index (Phi) is 4.79. The molecule has 0 fully saturated rings. The summed E-state index contributed by atoms with van der Waals surface area (Å²) in [6.07, 6.45) is 0.938. The van der Waals surface area contributed by atoms with Gasteiger partial charge < -0.3 is 5.11 Å². The van der Waals surface area contributed by atoms with Crippen molar-refractivity contribution in [3.8, 4) is 55.6 Å². The SMILES string of the molecule is CC1c2ccccc2-c2ccc(-c3ccc4c(c3)Cc3cc(-c5ccc6c(c5)C(C)(O)c5ccccc5-6)ccc3-4)cc21. The normalized spacial score (nSPS) is 18.6. The summed E-state index contributed by atoms with van der Waals surface area (Å²) in [5.74, 6) is 0.422. The third-order valence-electron chi connectivity index (χ3n) is 10.1. The van der Waals surface area contributed by atoms with E-state index in [2.05, 4.69) is 110 Å². The average molecular weight is 539 g/mol. The van der Waals surface area contributed by atoms with E-state index in [0.29, 0.717) is 5.92 Å². The molecule has 1 nitrogen and oxygen atoms in total. The molecule has 0 radical (unpaired) electrons. The van der Waals surface area contributed by atoms with E-state index in [0.717, 1.165) is 34.2 Å². The third kappa shape index (κ3) is 3.23. The van der Waals surface area contributed by atoms with Crippen LogP contribution in [0.1, 0.15) is 53.1 Å². The van der Waals surface area contributed by atoms with Gasteiger partial charge in [-0.05, 0) is 114 Å². The van der Waals surface area contributed by atoms with Crippen molar-refractivity contribution < 1.29 is 5.11 Å². The highest BCUT2D eigenvalue weighted by atomic mass is 16.3. The number of rotatable bonds is 2. The van der Waals surface area contributed by atoms with Gasteiger partial charge in [-0.3, -0.25) is 0 Å². The summed E-state index contributed by atoms with van der Waals surface area (Å²) in [6.45, 7) is 4.24. The highest BCUT2D eigenvalue weighted by Crippen LogP contribution is 2.49. The van der Waals surface area contributed by atoms with Crippen LogP contribution in [-0.2, 0) is 12.0 Å². The highest BCUT2D eigenvalue weighted by Gasteiger charge is 2.37. The van der Waals surface area contributed by atoms with Crippen molar-refractivity contribution in [1.82, 2.24) is 0 Å². The molecule has 2 atom stereocenters. The number of aliphatic hydroxyl groups is 1. The highest BCUT2D eigenvalue weighted by molar-refractivity contribution is 5.87. The molecular weight excluding hydrogens is 508 g/mol. The summed E-state index contributed by atoms with van der Waals surface area (Å²) in [4.78, 5) is 0. The molecule has 42 heavy (non-hydrogen) atoms. The van der Waals surface area contributed by atoms with Crippen LogP contribution in [0.5, 0.6) is 0 Å². The van der Waals surface area contributed by atoms with Crippen LogP contribution in [0.3, 0.4) is 0 Å². The summed E-state index contributed by atoms with van der Waals surface area (Å²) in [5.41, 5.74) is 19.2. The van der Waals surface area contributed by atoms with Crippen LogP contribution >= 0.6 is 0 Å². The second-order valence-electron chi connectivity index (χ2n) is 12.4. The summed E-state index contributed by atoms with van der Waals surface area (Å²) in [6, 6.07) is 44.5. The Bertz CT molecular complexity index is 2110. The molecule has 0 saturated heterocycles. The lowest BCUT2D eigenvalue weighted by atomic mass is 9.91. The number of benzene rings is 6. The minimum atomic E-state index is -0.983. The van der Waals surface area contributed by atoms with Crippen LogP contribution in [0.2, 0.25) is 0 Å². The van der Waals surface area contributed by atoms with E-state index in [4.69, 9.17) is 0 Å². The molecule has 0 bridgehead atoms. The molecule has 0 spiro atoms. The first kappa shape index (κ1) is 23.9. The zero-order chi connectivity index (χ0) is 28.2. The predicted octanol–water partition coefficient (Wildman–Crippen LogP) is 9.96. The van der Waals surface area contributed by atoms with Gasteiger partial charge in [0.1, 0.15) is 5.60 Å². The lowest BCUT2D eigenvalue weighted by Gasteiger charge is -2.20. The molecule has 6 aromatic rings. The van der Waals surface area contributed by atoms with Crippen LogP contribution in [0.15, 0.2) is 121 Å². The van der Waals surface area contributed by atoms with Gasteiger partial charge in [0.25, 0.3) is 0 Å². The Hall–Kier alpha value is -4.72. The molecule has 9 rings (SSSR count). The second kappa shape index (κ2) is 8.41. The van der Waals surface area contributed by atoms with Gasteiger partial charge in [-0.2, -0.15) is 0 Å². The largest absolute Gasteiger partial charge is 0.381 e. The molecule has 200 valence electrons. The van der Waals surface area contributed by atoms with E-state index in [9.17, 15) is 5.11 Å². The topological polar surface area (TPSA) is 20.2 Å². The van der Waals surface area contributed by atoms with Crippen LogP contribution in [0.4, 0.5) is 0 Å². The van der Waals surface area contributed by atoms with Gasteiger partial charge in [0.2, 0.25) is 0 Å². The lowest BCUT2D eigenvalue weighted by molar-refractivity contribution is 0.107. The average Bonchev–Trinajstić information content (AvgIpc) is 3.62. The van der Waals surface area contributed by atoms with Crippen LogP contribution in [-0.4, -0.2) is 5.11 Å². The van der Waals surface area contributed by atoms with Gasteiger partial charge in [-0.1, -0.05) is 116 Å². The maximum atomic E-state index is 11.5. The molecular formula is C41H30O. The van der Waals surface area contributed by atoms with Crippen molar-refractivity contribution in [2.75, 3.05) is 0 Å². The van der Waals surface area contributed by atoms with Gasteiger partial charge in [-0.15, -0.1) is 0 Å². The first-order valence-electron chi connectivity index (χ1n) is 14.9. The Labute approximate surface area is 246 Å². The minimum absolute atomic E-state index is 0.422. The molecule has 2 unspecified atom stereocenters. The molecule has 0 heterocycles. The van der Waals surface area contributed by atoms with E-state index in [1.165, 1.54) is 61.2 Å². The van der Waals surface area contributed by atoms with Gasteiger partial charge in [0.15, 0.2) is 0 Å². The van der Waals surface area contributed by atoms with Crippen molar-refractivity contribution in [2.24, 2.45) is 0 Å². The van der Waals surface area contributed by atoms with E-state index in [-0.39, 0.29) is 0 Å². The number of hydrogen-bond donors (Lipinski definition) is 1. The minimum Gasteiger partial charge on any atom is -0.381 e. The maximum Gasteiger partial charge on any atom is 0.113 e. The van der Waals surface area contributed by atoms with Gasteiger partial charge in [0, 0.05) is 5.92 Å². The molecule has 3 aliphatic rings. The third-order valence-corrected chi connectivity index (χ3v) is 10.1.